The number of alkyl halides is 3. The number of hydrogen-bond donors (Lipinski definition) is 1. The third-order valence-corrected chi connectivity index (χ3v) is 4.32. The number of halogens is 3. The van der Waals surface area contributed by atoms with Crippen molar-refractivity contribution in [3.63, 3.8) is 0 Å². The van der Waals surface area contributed by atoms with Crippen molar-refractivity contribution in [2.24, 2.45) is 0 Å². The Balaban J connectivity index is 1.68. The molecule has 1 aliphatic rings. The Hall–Kier alpha value is -2.60. The van der Waals surface area contributed by atoms with E-state index in [9.17, 15) is 18.0 Å². The van der Waals surface area contributed by atoms with E-state index in [-0.39, 0.29) is 5.91 Å². The van der Waals surface area contributed by atoms with Crippen LogP contribution in [0, 0.1) is 0 Å². The lowest BCUT2D eigenvalue weighted by atomic mass is 9.99. The zero-order chi connectivity index (χ0) is 18.7. The van der Waals surface area contributed by atoms with Gasteiger partial charge >= 0.3 is 6.18 Å². The number of benzene rings is 2. The Labute approximate surface area is 150 Å². The minimum Gasteiger partial charge on any atom is -0.323 e. The topological polar surface area (TPSA) is 32.3 Å². The zero-order valence-corrected chi connectivity index (χ0v) is 14.3. The molecule has 0 bridgehead atoms. The summed E-state index contributed by atoms with van der Waals surface area (Å²) >= 11 is 0. The van der Waals surface area contributed by atoms with Crippen molar-refractivity contribution < 1.29 is 18.0 Å². The van der Waals surface area contributed by atoms with Crippen LogP contribution in [0.15, 0.2) is 48.5 Å². The van der Waals surface area contributed by atoms with Gasteiger partial charge in [-0.15, -0.1) is 0 Å². The molecule has 136 valence electrons. The summed E-state index contributed by atoms with van der Waals surface area (Å²) in [6.07, 6.45) is -0.810. The number of amides is 1. The van der Waals surface area contributed by atoms with Gasteiger partial charge in [0, 0.05) is 24.9 Å². The first kappa shape index (κ1) is 18.2. The molecule has 2 aromatic rings. The zero-order valence-electron chi connectivity index (χ0n) is 14.3. The van der Waals surface area contributed by atoms with Crippen molar-refractivity contribution in [3.8, 4) is 0 Å². The molecule has 26 heavy (non-hydrogen) atoms. The van der Waals surface area contributed by atoms with Crippen LogP contribution in [-0.2, 0) is 23.9 Å². The molecule has 1 amide bonds. The first-order chi connectivity index (χ1) is 12.3. The van der Waals surface area contributed by atoms with Gasteiger partial charge < -0.3 is 10.2 Å². The molecule has 0 unspecified atom stereocenters. The van der Waals surface area contributed by atoms with Crippen LogP contribution in [0.2, 0.25) is 0 Å². The van der Waals surface area contributed by atoms with Gasteiger partial charge in [0.25, 0.3) is 0 Å². The maximum absolute atomic E-state index is 12.7. The van der Waals surface area contributed by atoms with Crippen molar-refractivity contribution in [1.29, 1.82) is 0 Å². The average Bonchev–Trinajstić information content (AvgIpc) is 2.59. The lowest BCUT2D eigenvalue weighted by Gasteiger charge is -2.25. The quantitative estimate of drug-likeness (QED) is 0.826. The smallest absolute Gasteiger partial charge is 0.323 e. The molecule has 0 saturated heterocycles. The largest absolute Gasteiger partial charge is 0.416 e. The Kier molecular flexibility index (Phi) is 5.13. The van der Waals surface area contributed by atoms with E-state index in [1.807, 2.05) is 25.2 Å². The van der Waals surface area contributed by atoms with Crippen LogP contribution in [0.25, 0.3) is 6.08 Å². The summed E-state index contributed by atoms with van der Waals surface area (Å²) in [6.45, 7) is 1.84. The number of hydrogen-bond acceptors (Lipinski definition) is 2. The van der Waals surface area contributed by atoms with E-state index in [1.54, 1.807) is 0 Å². The van der Waals surface area contributed by atoms with Crippen LogP contribution in [-0.4, -0.2) is 24.4 Å². The molecular formula is C20H19F3N2O. The number of nitrogens with one attached hydrogen (secondary N) is 1. The van der Waals surface area contributed by atoms with Gasteiger partial charge in [0.15, 0.2) is 0 Å². The van der Waals surface area contributed by atoms with Crippen LogP contribution in [0.3, 0.4) is 0 Å². The van der Waals surface area contributed by atoms with E-state index in [4.69, 9.17) is 0 Å². The molecular weight excluding hydrogens is 341 g/mol. The number of carbonyl (C=O) groups excluding carboxylic acids is 1. The van der Waals surface area contributed by atoms with Crippen LogP contribution in [0.1, 0.15) is 22.3 Å². The Morgan fingerprint density at radius 1 is 1.15 bits per heavy atom. The molecule has 0 spiro atoms. The van der Waals surface area contributed by atoms with Gasteiger partial charge in [-0.1, -0.05) is 18.2 Å². The summed E-state index contributed by atoms with van der Waals surface area (Å²) in [5.41, 5.74) is 2.72. The molecule has 1 aliphatic heterocycles. The Bertz CT molecular complexity index is 843. The van der Waals surface area contributed by atoms with Crippen LogP contribution >= 0.6 is 0 Å². The lowest BCUT2D eigenvalue weighted by Crippen LogP contribution is -2.26. The van der Waals surface area contributed by atoms with Crippen molar-refractivity contribution in [3.05, 3.63) is 70.8 Å². The van der Waals surface area contributed by atoms with E-state index in [2.05, 4.69) is 10.2 Å². The highest BCUT2D eigenvalue weighted by Gasteiger charge is 2.30. The molecule has 2 aromatic carbocycles. The predicted octanol–water partition coefficient (Wildman–Crippen LogP) is 4.35. The summed E-state index contributed by atoms with van der Waals surface area (Å²) in [6, 6.07) is 10.7. The van der Waals surface area contributed by atoms with E-state index < -0.39 is 11.7 Å². The number of fused-ring (bicyclic) bond motifs is 1. The molecule has 3 rings (SSSR count). The number of nitrogens with zero attached hydrogens (tertiary/aromatic N) is 1. The maximum Gasteiger partial charge on any atom is 0.416 e. The third kappa shape index (κ3) is 4.52. The monoisotopic (exact) mass is 360 g/mol. The second kappa shape index (κ2) is 7.33. The van der Waals surface area contributed by atoms with Crippen molar-refractivity contribution in [1.82, 2.24) is 4.90 Å². The second-order valence-electron chi connectivity index (χ2n) is 6.42. The first-order valence-corrected chi connectivity index (χ1v) is 8.28. The first-order valence-electron chi connectivity index (χ1n) is 8.28. The maximum atomic E-state index is 12.7. The molecule has 1 heterocycles. The predicted molar refractivity (Wildman–Crippen MR) is 95.6 cm³/mol. The fourth-order valence-electron chi connectivity index (χ4n) is 2.95. The number of likely N-dealkylation sites (N-methyl/N-ethyl adjacent to an activating group) is 1. The lowest BCUT2D eigenvalue weighted by molar-refractivity contribution is -0.137. The van der Waals surface area contributed by atoms with Crippen LogP contribution < -0.4 is 5.32 Å². The molecule has 0 aromatic heterocycles. The minimum absolute atomic E-state index is 0.321. The summed E-state index contributed by atoms with van der Waals surface area (Å²) in [5.74, 6) is -0.383. The van der Waals surface area contributed by atoms with Gasteiger partial charge in [-0.3, -0.25) is 4.79 Å². The summed E-state index contributed by atoms with van der Waals surface area (Å²) in [5, 5.41) is 2.76. The minimum atomic E-state index is -4.40. The fourth-order valence-corrected chi connectivity index (χ4v) is 2.95. The SMILES string of the molecule is CN1CCc2ccc(NC(=O)C=Cc3cccc(C(F)(F)F)c3)cc2C1. The summed E-state index contributed by atoms with van der Waals surface area (Å²) in [7, 11) is 2.05. The molecule has 0 atom stereocenters. The standard InChI is InChI=1S/C20H19F3N2O/c1-25-10-9-15-6-7-18(12-16(15)13-25)24-19(26)8-5-14-3-2-4-17(11-14)20(21,22)23/h2-8,11-12H,9-10,13H2,1H3,(H,24,26). The number of anilines is 1. The summed E-state index contributed by atoms with van der Waals surface area (Å²) in [4.78, 5) is 14.3. The average molecular weight is 360 g/mol. The van der Waals surface area contributed by atoms with E-state index in [0.717, 1.165) is 31.6 Å². The molecule has 6 heteroatoms. The van der Waals surface area contributed by atoms with Crippen LogP contribution in [0.5, 0.6) is 0 Å². The Morgan fingerprint density at radius 3 is 2.73 bits per heavy atom. The number of carbonyl (C=O) groups is 1. The van der Waals surface area contributed by atoms with Gasteiger partial charge in [-0.05, 0) is 60.5 Å². The van der Waals surface area contributed by atoms with E-state index in [0.29, 0.717) is 11.3 Å². The fraction of sp³-hybridized carbons (Fsp3) is 0.250. The number of rotatable bonds is 3. The highest BCUT2D eigenvalue weighted by molar-refractivity contribution is 6.02. The van der Waals surface area contributed by atoms with Gasteiger partial charge in [0.2, 0.25) is 5.91 Å². The van der Waals surface area contributed by atoms with Crippen LogP contribution in [0.4, 0.5) is 18.9 Å². The second-order valence-corrected chi connectivity index (χ2v) is 6.42. The van der Waals surface area contributed by atoms with Crippen molar-refractivity contribution in [2.75, 3.05) is 18.9 Å². The Morgan fingerprint density at radius 2 is 1.96 bits per heavy atom. The molecule has 0 saturated carbocycles. The van der Waals surface area contributed by atoms with Gasteiger partial charge in [-0.25, -0.2) is 0 Å². The molecule has 0 aliphatic carbocycles. The highest BCUT2D eigenvalue weighted by atomic mass is 19.4. The van der Waals surface area contributed by atoms with Crippen molar-refractivity contribution in [2.45, 2.75) is 19.1 Å². The summed E-state index contributed by atoms with van der Waals surface area (Å²) < 4.78 is 38.1. The normalized spacial score (nSPS) is 15.1. The molecule has 0 fully saturated rings. The van der Waals surface area contributed by atoms with E-state index >= 15 is 0 Å². The molecule has 3 nitrogen and oxygen atoms in total. The molecule has 0 radical (unpaired) electrons. The third-order valence-electron chi connectivity index (χ3n) is 4.32. The highest BCUT2D eigenvalue weighted by Crippen LogP contribution is 2.29. The van der Waals surface area contributed by atoms with Gasteiger partial charge in [0.05, 0.1) is 5.56 Å². The molecule has 1 N–H and O–H groups in total. The van der Waals surface area contributed by atoms with E-state index in [1.165, 1.54) is 35.4 Å². The van der Waals surface area contributed by atoms with Gasteiger partial charge in [-0.2, -0.15) is 13.2 Å². The van der Waals surface area contributed by atoms with Crippen molar-refractivity contribution >= 4 is 17.7 Å². The van der Waals surface area contributed by atoms with Gasteiger partial charge in [0.1, 0.15) is 0 Å².